The Morgan fingerprint density at radius 3 is 3.09 bits per heavy atom. The molecule has 1 aliphatic heterocycles. The Labute approximate surface area is 73.7 Å². The van der Waals surface area contributed by atoms with Crippen molar-refractivity contribution >= 4 is 21.9 Å². The summed E-state index contributed by atoms with van der Waals surface area (Å²) in [5.74, 6) is -0.103. The quantitative estimate of drug-likeness (QED) is 0.350. The fourth-order valence-electron chi connectivity index (χ4n) is 1.62. The van der Waals surface area contributed by atoms with Crippen LogP contribution in [-0.4, -0.2) is 16.4 Å². The van der Waals surface area contributed by atoms with E-state index in [2.05, 4.69) is 15.9 Å². The minimum absolute atomic E-state index is 0.0133. The van der Waals surface area contributed by atoms with Crippen LogP contribution in [0.3, 0.4) is 0 Å². The lowest BCUT2D eigenvalue weighted by atomic mass is 9.76. The highest BCUT2D eigenvalue weighted by Crippen LogP contribution is 2.45. The molecule has 0 radical (unpaired) electrons. The first-order valence-corrected chi connectivity index (χ1v) is 4.60. The van der Waals surface area contributed by atoms with E-state index in [4.69, 9.17) is 4.74 Å². The van der Waals surface area contributed by atoms with Crippen molar-refractivity contribution in [3.05, 3.63) is 12.2 Å². The second-order valence-corrected chi connectivity index (χ2v) is 4.32. The van der Waals surface area contributed by atoms with Gasteiger partial charge < -0.3 is 4.74 Å². The van der Waals surface area contributed by atoms with E-state index in [-0.39, 0.29) is 22.3 Å². The van der Waals surface area contributed by atoms with Crippen LogP contribution in [0.15, 0.2) is 12.2 Å². The van der Waals surface area contributed by atoms with Crippen LogP contribution in [0.4, 0.5) is 0 Å². The second-order valence-electron chi connectivity index (χ2n) is 3.21. The second kappa shape index (κ2) is 2.09. The van der Waals surface area contributed by atoms with E-state index in [1.807, 2.05) is 19.1 Å². The summed E-state index contributed by atoms with van der Waals surface area (Å²) in [6.07, 6.45) is 4.93. The maximum absolute atomic E-state index is 10.9. The number of hydrogen-bond donors (Lipinski definition) is 0. The number of fused-ring (bicyclic) bond motifs is 1. The van der Waals surface area contributed by atoms with Crippen molar-refractivity contribution in [2.24, 2.45) is 5.92 Å². The van der Waals surface area contributed by atoms with Crippen molar-refractivity contribution in [1.82, 2.24) is 0 Å². The van der Waals surface area contributed by atoms with Crippen LogP contribution in [-0.2, 0) is 9.53 Å². The summed E-state index contributed by atoms with van der Waals surface area (Å²) >= 11 is 3.50. The Morgan fingerprint density at radius 2 is 2.55 bits per heavy atom. The van der Waals surface area contributed by atoms with Gasteiger partial charge in [0, 0.05) is 0 Å². The van der Waals surface area contributed by atoms with Crippen LogP contribution in [0.2, 0.25) is 0 Å². The molecule has 2 rings (SSSR count). The molecule has 1 heterocycles. The summed E-state index contributed by atoms with van der Waals surface area (Å²) in [5.41, 5.74) is -0.272. The maximum Gasteiger partial charge on any atom is 0.317 e. The first-order chi connectivity index (χ1) is 5.14. The Morgan fingerprint density at radius 1 is 1.82 bits per heavy atom. The monoisotopic (exact) mass is 216 g/mol. The van der Waals surface area contributed by atoms with Crippen LogP contribution in [0.25, 0.3) is 0 Å². The third-order valence-electron chi connectivity index (χ3n) is 2.49. The van der Waals surface area contributed by atoms with Crippen LogP contribution in [0.5, 0.6) is 0 Å². The molecule has 1 aliphatic carbocycles. The lowest BCUT2D eigenvalue weighted by molar-refractivity contribution is -0.202. The highest BCUT2D eigenvalue weighted by atomic mass is 79.9. The molecular weight excluding hydrogens is 208 g/mol. The smallest absolute Gasteiger partial charge is 0.317 e. The number of esters is 1. The molecular formula is C8H9BrO2. The number of carbonyl (C=O) groups excluding carboxylic acids is 1. The molecule has 0 N–H and O–H groups in total. The minimum Gasteiger partial charge on any atom is -0.456 e. The van der Waals surface area contributed by atoms with Crippen molar-refractivity contribution in [3.63, 3.8) is 0 Å². The number of hydrogen-bond acceptors (Lipinski definition) is 2. The molecule has 3 unspecified atom stereocenters. The fourth-order valence-corrected chi connectivity index (χ4v) is 2.21. The van der Waals surface area contributed by atoms with Crippen LogP contribution in [0.1, 0.15) is 13.3 Å². The van der Waals surface area contributed by atoms with Gasteiger partial charge in [-0.25, -0.2) is 0 Å². The third-order valence-corrected chi connectivity index (χ3v) is 3.77. The summed E-state index contributed by atoms with van der Waals surface area (Å²) in [4.78, 5) is 11.2. The predicted octanol–water partition coefficient (Wildman–Crippen LogP) is 1.64. The zero-order valence-corrected chi connectivity index (χ0v) is 7.80. The molecule has 0 aromatic rings. The topological polar surface area (TPSA) is 26.3 Å². The standard InChI is InChI=1S/C8H9BrO2/c1-8-5(7(10)11-8)3-2-4-6(8)9/h2-3,5-6H,4H2,1H3. The Bertz CT molecular complexity index is 236. The predicted molar refractivity (Wildman–Crippen MR) is 44.5 cm³/mol. The van der Waals surface area contributed by atoms with Gasteiger partial charge in [-0.05, 0) is 13.3 Å². The first kappa shape index (κ1) is 7.35. The maximum atomic E-state index is 10.9. The number of rotatable bonds is 0. The van der Waals surface area contributed by atoms with Gasteiger partial charge >= 0.3 is 5.97 Å². The van der Waals surface area contributed by atoms with Gasteiger partial charge in [0.15, 0.2) is 0 Å². The number of halogens is 1. The molecule has 3 atom stereocenters. The summed E-state index contributed by atoms with van der Waals surface area (Å²) < 4.78 is 5.11. The molecule has 0 aromatic carbocycles. The third kappa shape index (κ3) is 0.804. The zero-order valence-electron chi connectivity index (χ0n) is 6.21. The van der Waals surface area contributed by atoms with E-state index in [9.17, 15) is 4.79 Å². The molecule has 2 nitrogen and oxygen atoms in total. The largest absolute Gasteiger partial charge is 0.456 e. The molecule has 0 saturated carbocycles. The SMILES string of the molecule is CC12OC(=O)C1C=CCC2Br. The summed E-state index contributed by atoms with van der Waals surface area (Å²) in [6.45, 7) is 1.97. The molecule has 0 spiro atoms. The van der Waals surface area contributed by atoms with E-state index < -0.39 is 0 Å². The average molecular weight is 217 g/mol. The molecule has 1 saturated heterocycles. The van der Waals surface area contributed by atoms with Crippen molar-refractivity contribution < 1.29 is 9.53 Å². The van der Waals surface area contributed by atoms with Gasteiger partial charge in [0.05, 0.1) is 4.83 Å². The van der Waals surface area contributed by atoms with Gasteiger partial charge in [-0.1, -0.05) is 28.1 Å². The summed E-state index contributed by atoms with van der Waals surface area (Å²) in [7, 11) is 0. The summed E-state index contributed by atoms with van der Waals surface area (Å²) in [6, 6.07) is 0. The first-order valence-electron chi connectivity index (χ1n) is 3.68. The average Bonchev–Trinajstić information content (AvgIpc) is 1.95. The van der Waals surface area contributed by atoms with Gasteiger partial charge in [-0.2, -0.15) is 0 Å². The fraction of sp³-hybridized carbons (Fsp3) is 0.625. The van der Waals surface area contributed by atoms with Crippen molar-refractivity contribution in [1.29, 1.82) is 0 Å². The Balaban J connectivity index is 2.30. The van der Waals surface area contributed by atoms with Gasteiger partial charge in [-0.3, -0.25) is 4.79 Å². The van der Waals surface area contributed by atoms with Crippen LogP contribution < -0.4 is 0 Å². The summed E-state index contributed by atoms with van der Waals surface area (Å²) in [5, 5.41) is 0. The van der Waals surface area contributed by atoms with E-state index in [1.54, 1.807) is 0 Å². The highest BCUT2D eigenvalue weighted by molar-refractivity contribution is 9.09. The van der Waals surface area contributed by atoms with Gasteiger partial charge in [0.1, 0.15) is 11.5 Å². The molecule has 0 amide bonds. The lowest BCUT2D eigenvalue weighted by Gasteiger charge is -2.48. The molecule has 2 aliphatic rings. The van der Waals surface area contributed by atoms with Gasteiger partial charge in [0.25, 0.3) is 0 Å². The van der Waals surface area contributed by atoms with E-state index in [0.717, 1.165) is 6.42 Å². The molecule has 11 heavy (non-hydrogen) atoms. The molecule has 0 aromatic heterocycles. The molecule has 60 valence electrons. The van der Waals surface area contributed by atoms with Crippen LogP contribution >= 0.6 is 15.9 Å². The van der Waals surface area contributed by atoms with Crippen LogP contribution in [0, 0.1) is 5.92 Å². The van der Waals surface area contributed by atoms with E-state index >= 15 is 0 Å². The Hall–Kier alpha value is -0.310. The van der Waals surface area contributed by atoms with E-state index in [1.165, 1.54) is 0 Å². The highest BCUT2D eigenvalue weighted by Gasteiger charge is 2.56. The number of allylic oxidation sites excluding steroid dienone is 1. The van der Waals surface area contributed by atoms with Crippen molar-refractivity contribution in [3.8, 4) is 0 Å². The number of alkyl halides is 1. The lowest BCUT2D eigenvalue weighted by Crippen LogP contribution is -2.60. The number of ether oxygens (including phenoxy) is 1. The Kier molecular flexibility index (Phi) is 1.40. The van der Waals surface area contributed by atoms with Gasteiger partial charge in [0.2, 0.25) is 0 Å². The molecule has 3 heteroatoms. The normalized spacial score (nSPS) is 47.6. The minimum atomic E-state index is -0.272. The molecule has 1 fully saturated rings. The number of carbonyl (C=O) groups is 1. The molecule has 0 bridgehead atoms. The zero-order chi connectivity index (χ0) is 8.06. The van der Waals surface area contributed by atoms with Crippen molar-refractivity contribution in [2.75, 3.05) is 0 Å². The van der Waals surface area contributed by atoms with Crippen molar-refractivity contribution in [2.45, 2.75) is 23.8 Å². The van der Waals surface area contributed by atoms with E-state index in [0.29, 0.717) is 0 Å². The van der Waals surface area contributed by atoms with Gasteiger partial charge in [-0.15, -0.1) is 0 Å².